The molecule has 1 atom stereocenters. The zero-order valence-electron chi connectivity index (χ0n) is 10.2. The van der Waals surface area contributed by atoms with Crippen LogP contribution in [-0.4, -0.2) is 12.2 Å². The Balaban J connectivity index is 2.05. The molecule has 2 N–H and O–H groups in total. The van der Waals surface area contributed by atoms with E-state index >= 15 is 0 Å². The first-order valence-electron chi connectivity index (χ1n) is 5.97. The Bertz CT molecular complexity index is 580. The summed E-state index contributed by atoms with van der Waals surface area (Å²) in [6.07, 6.45) is 0. The molecule has 1 aliphatic rings. The summed E-state index contributed by atoms with van der Waals surface area (Å²) in [6, 6.07) is 13.6. The number of rotatable bonds is 2. The molecular formula is C15H15NO2. The molecule has 0 fully saturated rings. The highest BCUT2D eigenvalue weighted by Gasteiger charge is 2.26. The molecule has 0 aliphatic carbocycles. The average molecular weight is 241 g/mol. The molecule has 1 aliphatic heterocycles. The van der Waals surface area contributed by atoms with Crippen molar-refractivity contribution < 1.29 is 9.84 Å². The minimum atomic E-state index is 0.0382. The topological polar surface area (TPSA) is 41.5 Å². The molecule has 1 heterocycles. The Morgan fingerprint density at radius 1 is 1.22 bits per heavy atom. The fourth-order valence-electron chi connectivity index (χ4n) is 2.51. The fourth-order valence-corrected chi connectivity index (χ4v) is 2.51. The number of nitrogens with one attached hydrogen (secondary N) is 1. The smallest absolute Gasteiger partial charge is 0.121 e. The predicted octanol–water partition coefficient (Wildman–Crippen LogP) is 2.59. The number of aromatic hydroxyl groups is 1. The normalized spacial score (nSPS) is 17.5. The summed E-state index contributed by atoms with van der Waals surface area (Å²) in [5.74, 6) is 1.18. The number of phenolic OH excluding ortho intramolecular Hbond substituents is 1. The van der Waals surface area contributed by atoms with Gasteiger partial charge in [0.2, 0.25) is 0 Å². The summed E-state index contributed by atoms with van der Waals surface area (Å²) in [7, 11) is 1.66. The number of fused-ring (bicyclic) bond motifs is 1. The maximum Gasteiger partial charge on any atom is 0.121 e. The molecule has 0 amide bonds. The summed E-state index contributed by atoms with van der Waals surface area (Å²) in [4.78, 5) is 0. The molecule has 0 spiro atoms. The first kappa shape index (κ1) is 11.1. The molecule has 92 valence electrons. The van der Waals surface area contributed by atoms with Crippen molar-refractivity contribution in [2.45, 2.75) is 12.6 Å². The van der Waals surface area contributed by atoms with Gasteiger partial charge >= 0.3 is 0 Å². The second-order valence-corrected chi connectivity index (χ2v) is 4.44. The summed E-state index contributed by atoms with van der Waals surface area (Å²) in [6.45, 7) is 0.783. The Kier molecular flexibility index (Phi) is 2.68. The number of hydrogen-bond donors (Lipinski definition) is 2. The van der Waals surface area contributed by atoms with Crippen LogP contribution in [0.2, 0.25) is 0 Å². The van der Waals surface area contributed by atoms with E-state index in [0.29, 0.717) is 5.75 Å². The molecule has 0 saturated heterocycles. The van der Waals surface area contributed by atoms with E-state index in [-0.39, 0.29) is 6.04 Å². The van der Waals surface area contributed by atoms with Gasteiger partial charge in [-0.05, 0) is 29.3 Å². The van der Waals surface area contributed by atoms with E-state index in [1.165, 1.54) is 0 Å². The lowest BCUT2D eigenvalue weighted by atomic mass is 9.97. The van der Waals surface area contributed by atoms with Crippen molar-refractivity contribution in [3.05, 3.63) is 59.2 Å². The first-order valence-corrected chi connectivity index (χ1v) is 5.97. The quantitative estimate of drug-likeness (QED) is 0.849. The van der Waals surface area contributed by atoms with Gasteiger partial charge in [0.15, 0.2) is 0 Å². The lowest BCUT2D eigenvalue weighted by molar-refractivity contribution is 0.413. The second kappa shape index (κ2) is 4.35. The largest absolute Gasteiger partial charge is 0.508 e. The van der Waals surface area contributed by atoms with Gasteiger partial charge in [0.1, 0.15) is 11.5 Å². The monoisotopic (exact) mass is 241 g/mol. The van der Waals surface area contributed by atoms with Crippen LogP contribution in [0.5, 0.6) is 11.5 Å². The van der Waals surface area contributed by atoms with Crippen LogP contribution in [0.15, 0.2) is 42.5 Å². The van der Waals surface area contributed by atoms with Crippen LogP contribution in [0.4, 0.5) is 0 Å². The zero-order chi connectivity index (χ0) is 12.5. The second-order valence-electron chi connectivity index (χ2n) is 4.44. The standard InChI is InChI=1S/C15H15NO2/c1-18-12-6-2-4-10(8-12)15-14-11(9-16-15)5-3-7-13(14)17/h2-8,15-17H,9H2,1H3. The van der Waals surface area contributed by atoms with Crippen LogP contribution in [0, 0.1) is 0 Å². The van der Waals surface area contributed by atoms with Crippen LogP contribution in [0.3, 0.4) is 0 Å². The minimum Gasteiger partial charge on any atom is -0.508 e. The van der Waals surface area contributed by atoms with Crippen LogP contribution in [0.1, 0.15) is 22.7 Å². The third kappa shape index (κ3) is 1.73. The lowest BCUT2D eigenvalue weighted by Crippen LogP contribution is -2.13. The van der Waals surface area contributed by atoms with Crippen molar-refractivity contribution in [2.75, 3.05) is 7.11 Å². The zero-order valence-corrected chi connectivity index (χ0v) is 10.2. The summed E-state index contributed by atoms with van der Waals surface area (Å²) < 4.78 is 5.24. The fraction of sp³-hybridized carbons (Fsp3) is 0.200. The minimum absolute atomic E-state index is 0.0382. The number of methoxy groups -OCH3 is 1. The predicted molar refractivity (Wildman–Crippen MR) is 69.8 cm³/mol. The van der Waals surface area contributed by atoms with Gasteiger partial charge in [-0.2, -0.15) is 0 Å². The average Bonchev–Trinajstić information content (AvgIpc) is 2.84. The van der Waals surface area contributed by atoms with Gasteiger partial charge in [-0.25, -0.2) is 0 Å². The molecule has 1 unspecified atom stereocenters. The van der Waals surface area contributed by atoms with Gasteiger partial charge in [-0.1, -0.05) is 24.3 Å². The maximum absolute atomic E-state index is 10.0. The van der Waals surface area contributed by atoms with Crippen molar-refractivity contribution in [3.8, 4) is 11.5 Å². The molecule has 3 heteroatoms. The number of phenols is 1. The van der Waals surface area contributed by atoms with Gasteiger partial charge in [0.05, 0.1) is 13.2 Å². The molecule has 3 nitrogen and oxygen atoms in total. The van der Waals surface area contributed by atoms with E-state index < -0.39 is 0 Å². The van der Waals surface area contributed by atoms with Crippen molar-refractivity contribution in [2.24, 2.45) is 0 Å². The lowest BCUT2D eigenvalue weighted by Gasteiger charge is -2.14. The Hall–Kier alpha value is -2.00. The maximum atomic E-state index is 10.0. The van der Waals surface area contributed by atoms with Gasteiger partial charge < -0.3 is 15.2 Å². The van der Waals surface area contributed by atoms with Crippen molar-refractivity contribution in [3.63, 3.8) is 0 Å². The third-order valence-corrected chi connectivity index (χ3v) is 3.39. The van der Waals surface area contributed by atoms with E-state index in [4.69, 9.17) is 4.74 Å². The van der Waals surface area contributed by atoms with Crippen LogP contribution in [0.25, 0.3) is 0 Å². The Labute approximate surface area is 106 Å². The van der Waals surface area contributed by atoms with Crippen molar-refractivity contribution >= 4 is 0 Å². The molecule has 3 rings (SSSR count). The SMILES string of the molecule is COc1cccc(C2NCc3cccc(O)c32)c1. The Morgan fingerprint density at radius 2 is 2.06 bits per heavy atom. The molecule has 0 aromatic heterocycles. The molecule has 2 aromatic rings. The van der Waals surface area contributed by atoms with Crippen LogP contribution in [-0.2, 0) is 6.54 Å². The van der Waals surface area contributed by atoms with E-state index in [2.05, 4.69) is 5.32 Å². The van der Waals surface area contributed by atoms with Gasteiger partial charge in [0, 0.05) is 12.1 Å². The Morgan fingerprint density at radius 3 is 2.89 bits per heavy atom. The molecule has 2 aromatic carbocycles. The number of ether oxygens (including phenoxy) is 1. The highest BCUT2D eigenvalue weighted by atomic mass is 16.5. The highest BCUT2D eigenvalue weighted by Crippen LogP contribution is 2.37. The van der Waals surface area contributed by atoms with E-state index in [9.17, 15) is 5.11 Å². The molecular weight excluding hydrogens is 226 g/mol. The first-order chi connectivity index (χ1) is 8.79. The van der Waals surface area contributed by atoms with E-state index in [0.717, 1.165) is 29.0 Å². The number of hydrogen-bond acceptors (Lipinski definition) is 3. The molecule has 18 heavy (non-hydrogen) atoms. The third-order valence-electron chi connectivity index (χ3n) is 3.39. The van der Waals surface area contributed by atoms with Gasteiger partial charge in [-0.3, -0.25) is 0 Å². The van der Waals surface area contributed by atoms with Gasteiger partial charge in [0.25, 0.3) is 0 Å². The van der Waals surface area contributed by atoms with Crippen molar-refractivity contribution in [1.82, 2.24) is 5.32 Å². The molecule has 0 bridgehead atoms. The van der Waals surface area contributed by atoms with Crippen LogP contribution >= 0.6 is 0 Å². The summed E-state index contributed by atoms with van der Waals surface area (Å²) >= 11 is 0. The van der Waals surface area contributed by atoms with Gasteiger partial charge in [-0.15, -0.1) is 0 Å². The van der Waals surface area contributed by atoms with Crippen molar-refractivity contribution in [1.29, 1.82) is 0 Å². The summed E-state index contributed by atoms with van der Waals surface area (Å²) in [5, 5.41) is 13.4. The van der Waals surface area contributed by atoms with Crippen LogP contribution < -0.4 is 10.1 Å². The highest BCUT2D eigenvalue weighted by molar-refractivity contribution is 5.49. The van der Waals surface area contributed by atoms with E-state index in [1.54, 1.807) is 13.2 Å². The molecule has 0 saturated carbocycles. The number of benzene rings is 2. The van der Waals surface area contributed by atoms with E-state index in [1.807, 2.05) is 36.4 Å². The summed E-state index contributed by atoms with van der Waals surface area (Å²) in [5.41, 5.74) is 3.24. The molecule has 0 radical (unpaired) electrons.